The molecule has 0 aliphatic carbocycles. The third kappa shape index (κ3) is 4.39. The van der Waals surface area contributed by atoms with Crippen molar-refractivity contribution in [3.05, 3.63) is 94.5 Å². The summed E-state index contributed by atoms with van der Waals surface area (Å²) in [6, 6.07) is 21.5. The Bertz CT molecular complexity index is 1180. The predicted molar refractivity (Wildman–Crippen MR) is 124 cm³/mol. The number of benzene rings is 3. The molecular weight excluding hydrogens is 442 g/mol. The monoisotopic (exact) mass is 463 g/mol. The van der Waals surface area contributed by atoms with E-state index in [1.165, 1.54) is 0 Å². The molecular formula is C26H22ClNO5. The molecule has 0 radical (unpaired) electrons. The lowest BCUT2D eigenvalue weighted by Gasteiger charge is -2.19. The highest BCUT2D eigenvalue weighted by atomic mass is 35.5. The molecule has 7 heteroatoms. The lowest BCUT2D eigenvalue weighted by Crippen LogP contribution is -2.26. The Kier molecular flexibility index (Phi) is 5.92. The number of nitrogens with zero attached hydrogens (tertiary/aromatic N) is 1. The second-order valence-electron chi connectivity index (χ2n) is 7.77. The maximum atomic E-state index is 13.1. The van der Waals surface area contributed by atoms with Gasteiger partial charge in [-0.3, -0.25) is 0 Å². The van der Waals surface area contributed by atoms with Crippen LogP contribution in [0.25, 0.3) is 0 Å². The van der Waals surface area contributed by atoms with Gasteiger partial charge >= 0.3 is 5.97 Å². The van der Waals surface area contributed by atoms with Crippen LogP contribution in [0.15, 0.2) is 77.8 Å². The molecule has 0 saturated heterocycles. The summed E-state index contributed by atoms with van der Waals surface area (Å²) in [5, 5.41) is 0.407. The van der Waals surface area contributed by atoms with Gasteiger partial charge in [-0.2, -0.15) is 0 Å². The van der Waals surface area contributed by atoms with Crippen LogP contribution in [-0.2, 0) is 20.9 Å². The Balaban J connectivity index is 1.44. The summed E-state index contributed by atoms with van der Waals surface area (Å²) in [5.74, 6) is 1.01. The average molecular weight is 464 g/mol. The van der Waals surface area contributed by atoms with E-state index in [1.54, 1.807) is 12.1 Å². The van der Waals surface area contributed by atoms with Crippen molar-refractivity contribution < 1.29 is 23.7 Å². The molecule has 0 bridgehead atoms. The maximum Gasteiger partial charge on any atom is 0.335 e. The summed E-state index contributed by atoms with van der Waals surface area (Å²) < 4.78 is 23.3. The van der Waals surface area contributed by atoms with Crippen LogP contribution in [-0.4, -0.2) is 24.2 Å². The van der Waals surface area contributed by atoms with Gasteiger partial charge in [-0.15, -0.1) is 0 Å². The number of aliphatic imine (C=N–C) groups is 1. The summed E-state index contributed by atoms with van der Waals surface area (Å²) in [6.45, 7) is 2.12. The number of rotatable bonds is 6. The van der Waals surface area contributed by atoms with Crippen molar-refractivity contribution in [1.82, 2.24) is 0 Å². The molecule has 5 rings (SSSR count). The first-order chi connectivity index (χ1) is 16.1. The van der Waals surface area contributed by atoms with E-state index in [2.05, 4.69) is 4.99 Å². The molecule has 3 unspecified atom stereocenters. The molecule has 3 aromatic carbocycles. The largest absolute Gasteiger partial charge is 0.466 e. The minimum Gasteiger partial charge on any atom is -0.466 e. The smallest absolute Gasteiger partial charge is 0.335 e. The van der Waals surface area contributed by atoms with Gasteiger partial charge in [-0.05, 0) is 23.8 Å². The van der Waals surface area contributed by atoms with Gasteiger partial charge in [0.1, 0.15) is 6.61 Å². The van der Waals surface area contributed by atoms with E-state index in [0.29, 0.717) is 34.4 Å². The first-order valence-corrected chi connectivity index (χ1v) is 11.2. The van der Waals surface area contributed by atoms with Gasteiger partial charge < -0.3 is 18.9 Å². The number of halogens is 1. The van der Waals surface area contributed by atoms with Crippen molar-refractivity contribution in [2.24, 2.45) is 4.99 Å². The summed E-state index contributed by atoms with van der Waals surface area (Å²) in [5.41, 5.74) is 2.25. The summed E-state index contributed by atoms with van der Waals surface area (Å²) >= 11 is 6.60. The van der Waals surface area contributed by atoms with Gasteiger partial charge in [0, 0.05) is 23.6 Å². The second kappa shape index (κ2) is 9.16. The quantitative estimate of drug-likeness (QED) is 0.453. The normalized spacial score (nSPS) is 20.8. The van der Waals surface area contributed by atoms with Gasteiger partial charge in [0.2, 0.25) is 12.2 Å². The van der Waals surface area contributed by atoms with E-state index in [-0.39, 0.29) is 12.9 Å². The highest BCUT2D eigenvalue weighted by Gasteiger charge is 2.41. The van der Waals surface area contributed by atoms with Crippen LogP contribution in [0, 0.1) is 0 Å². The zero-order chi connectivity index (χ0) is 22.8. The average Bonchev–Trinajstić information content (AvgIpc) is 3.47. The molecule has 33 heavy (non-hydrogen) atoms. The second-order valence-corrected chi connectivity index (χ2v) is 8.18. The van der Waals surface area contributed by atoms with Crippen molar-refractivity contribution in [3.63, 3.8) is 0 Å². The van der Waals surface area contributed by atoms with E-state index < -0.39 is 18.1 Å². The van der Waals surface area contributed by atoms with E-state index in [4.69, 9.17) is 30.5 Å². The summed E-state index contributed by atoms with van der Waals surface area (Å²) in [7, 11) is 0. The van der Waals surface area contributed by atoms with Crippen LogP contribution in [0.4, 0.5) is 0 Å². The highest BCUT2D eigenvalue weighted by molar-refractivity contribution is 6.31. The zero-order valence-electron chi connectivity index (χ0n) is 17.9. The number of fused-ring (bicyclic) bond motifs is 1. The summed E-state index contributed by atoms with van der Waals surface area (Å²) in [6.07, 6.45) is -0.429. The third-order valence-electron chi connectivity index (χ3n) is 5.49. The highest BCUT2D eigenvalue weighted by Crippen LogP contribution is 2.44. The lowest BCUT2D eigenvalue weighted by molar-refractivity contribution is -0.148. The van der Waals surface area contributed by atoms with E-state index in [0.717, 1.165) is 11.1 Å². The van der Waals surface area contributed by atoms with Crippen molar-refractivity contribution in [2.75, 3.05) is 0 Å². The van der Waals surface area contributed by atoms with E-state index in [1.807, 2.05) is 67.6 Å². The molecule has 3 atom stereocenters. The molecule has 2 aliphatic heterocycles. The van der Waals surface area contributed by atoms with Crippen molar-refractivity contribution >= 4 is 23.5 Å². The molecule has 0 aromatic heterocycles. The molecule has 168 valence electrons. The molecule has 0 N–H and O–H groups in total. The fourth-order valence-electron chi connectivity index (χ4n) is 3.78. The summed E-state index contributed by atoms with van der Waals surface area (Å²) in [4.78, 5) is 17.7. The number of ether oxygens (including phenoxy) is 4. The van der Waals surface area contributed by atoms with Crippen LogP contribution >= 0.6 is 11.6 Å². The Hall–Kier alpha value is -3.51. The number of carbonyl (C=O) groups excluding carboxylic acids is 1. The van der Waals surface area contributed by atoms with Crippen molar-refractivity contribution in [1.29, 1.82) is 0 Å². The van der Waals surface area contributed by atoms with Crippen molar-refractivity contribution in [3.8, 4) is 11.5 Å². The first-order valence-electron chi connectivity index (χ1n) is 10.8. The molecule has 2 aliphatic rings. The Morgan fingerprint density at radius 1 is 0.970 bits per heavy atom. The zero-order valence-corrected chi connectivity index (χ0v) is 18.7. The van der Waals surface area contributed by atoms with Gasteiger partial charge in [-0.25, -0.2) is 9.79 Å². The molecule has 6 nitrogen and oxygen atoms in total. The minimum atomic E-state index is -0.913. The molecule has 0 fully saturated rings. The number of hydrogen-bond donors (Lipinski definition) is 0. The van der Waals surface area contributed by atoms with Gasteiger partial charge in [0.15, 0.2) is 23.6 Å². The fourth-order valence-corrected chi connectivity index (χ4v) is 4.04. The number of esters is 1. The standard InChI is InChI=1S/C26H22ClNO5/c1-2-22-31-20-13-18(19(27)14-21(20)32-22)24-23(26(29)30-15-16-9-5-3-6-10-16)28-25(33-24)17-11-7-4-8-12-17/h3-14,22-24H,2,15H2,1H3. The van der Waals surface area contributed by atoms with Gasteiger partial charge in [0.05, 0.1) is 5.02 Å². The fraction of sp³-hybridized carbons (Fsp3) is 0.231. The van der Waals surface area contributed by atoms with Crippen LogP contribution in [0.1, 0.15) is 36.1 Å². The van der Waals surface area contributed by atoms with E-state index in [9.17, 15) is 4.79 Å². The van der Waals surface area contributed by atoms with Crippen molar-refractivity contribution in [2.45, 2.75) is 38.4 Å². The number of carbonyl (C=O) groups is 1. The lowest BCUT2D eigenvalue weighted by atomic mass is 10.0. The predicted octanol–water partition coefficient (Wildman–Crippen LogP) is 5.48. The molecule has 0 amide bonds. The Labute approximate surface area is 196 Å². The maximum absolute atomic E-state index is 13.1. The Morgan fingerprint density at radius 2 is 1.64 bits per heavy atom. The molecule has 0 saturated carbocycles. The Morgan fingerprint density at radius 3 is 2.33 bits per heavy atom. The van der Waals surface area contributed by atoms with Crippen LogP contribution < -0.4 is 9.47 Å². The van der Waals surface area contributed by atoms with Crippen LogP contribution in [0.5, 0.6) is 11.5 Å². The van der Waals surface area contributed by atoms with Gasteiger partial charge in [-0.1, -0.05) is 67.1 Å². The molecule has 2 heterocycles. The van der Waals surface area contributed by atoms with Crippen LogP contribution in [0.2, 0.25) is 5.02 Å². The minimum absolute atomic E-state index is 0.145. The van der Waals surface area contributed by atoms with E-state index >= 15 is 0 Å². The molecule has 0 spiro atoms. The first kappa shape index (κ1) is 21.3. The SMILES string of the molecule is CCC1Oc2cc(Cl)c(C3OC(c4ccccc4)=NC3C(=O)OCc3ccccc3)cc2O1. The van der Waals surface area contributed by atoms with Gasteiger partial charge in [0.25, 0.3) is 0 Å². The molecule has 3 aromatic rings. The topological polar surface area (TPSA) is 66.4 Å². The third-order valence-corrected chi connectivity index (χ3v) is 5.81. The van der Waals surface area contributed by atoms with Crippen LogP contribution in [0.3, 0.4) is 0 Å². The number of hydrogen-bond acceptors (Lipinski definition) is 6.